The molecule has 2 aromatic rings. The van der Waals surface area contributed by atoms with Crippen LogP contribution in [0.25, 0.3) is 0 Å². The lowest BCUT2D eigenvalue weighted by Crippen LogP contribution is -2.57. The highest BCUT2D eigenvalue weighted by Crippen LogP contribution is 2.41. The molecule has 0 amide bonds. The summed E-state index contributed by atoms with van der Waals surface area (Å²) in [6.45, 7) is 8.38. The van der Waals surface area contributed by atoms with Gasteiger partial charge in [-0.05, 0) is 39.2 Å². The van der Waals surface area contributed by atoms with E-state index in [-0.39, 0.29) is 11.5 Å². The minimum Gasteiger partial charge on any atom is -0.477 e. The molecule has 0 aliphatic carbocycles. The lowest BCUT2D eigenvalue weighted by molar-refractivity contribution is -0.141. The predicted octanol–water partition coefficient (Wildman–Crippen LogP) is 3.14. The average molecular weight is 357 g/mol. The van der Waals surface area contributed by atoms with Crippen LogP contribution in [0.15, 0.2) is 28.9 Å². The van der Waals surface area contributed by atoms with Gasteiger partial charge in [0, 0.05) is 49.5 Å². The summed E-state index contributed by atoms with van der Waals surface area (Å²) >= 11 is 0. The van der Waals surface area contributed by atoms with Crippen molar-refractivity contribution in [1.82, 2.24) is 15.0 Å². The molecule has 6 heteroatoms. The third kappa shape index (κ3) is 3.48. The number of piperidine rings is 1. The first-order valence-corrected chi connectivity index (χ1v) is 9.46. The summed E-state index contributed by atoms with van der Waals surface area (Å²) in [5.74, 6) is 1.61. The molecule has 4 heterocycles. The number of likely N-dealkylation sites (tertiary alicyclic amines) is 1. The normalized spacial score (nSPS) is 26.5. The van der Waals surface area contributed by atoms with Crippen molar-refractivity contribution in [3.05, 3.63) is 41.4 Å². The number of nitrogens with zero attached hydrogens (tertiary/aromatic N) is 3. The zero-order chi connectivity index (χ0) is 18.0. The molecule has 2 fully saturated rings. The number of aryl methyl sites for hydroxylation is 2. The molecule has 26 heavy (non-hydrogen) atoms. The van der Waals surface area contributed by atoms with Crippen LogP contribution in [-0.2, 0) is 11.3 Å². The smallest absolute Gasteiger partial charge is 0.213 e. The standard InChI is InChI=1S/C20H27N3O3/c1-15-17(16(2)26-22-15)12-23-10-7-18-20(13-23,8-5-11-24-18)14-25-19-6-3-4-9-21-19/h3-4,6,9,18H,5,7-8,10-14H2,1-2H3/t18-,20+/m1/s1. The van der Waals surface area contributed by atoms with E-state index in [1.54, 1.807) is 6.20 Å². The van der Waals surface area contributed by atoms with Gasteiger partial charge in [0.15, 0.2) is 0 Å². The maximum Gasteiger partial charge on any atom is 0.213 e. The average Bonchev–Trinajstić information content (AvgIpc) is 2.99. The molecule has 0 unspecified atom stereocenters. The number of rotatable bonds is 5. The number of pyridine rings is 1. The van der Waals surface area contributed by atoms with Gasteiger partial charge in [0.25, 0.3) is 0 Å². The van der Waals surface area contributed by atoms with Gasteiger partial charge in [0.05, 0.1) is 18.4 Å². The number of aromatic nitrogens is 2. The summed E-state index contributed by atoms with van der Waals surface area (Å²) in [5, 5.41) is 4.10. The lowest BCUT2D eigenvalue weighted by atomic mass is 9.73. The van der Waals surface area contributed by atoms with E-state index >= 15 is 0 Å². The number of hydrogen-bond acceptors (Lipinski definition) is 6. The molecule has 2 atom stereocenters. The zero-order valence-electron chi connectivity index (χ0n) is 15.6. The van der Waals surface area contributed by atoms with Crippen LogP contribution in [0.4, 0.5) is 0 Å². The van der Waals surface area contributed by atoms with Crippen LogP contribution in [0.1, 0.15) is 36.3 Å². The molecule has 2 aliphatic heterocycles. The molecular weight excluding hydrogens is 330 g/mol. The van der Waals surface area contributed by atoms with Gasteiger partial charge < -0.3 is 14.0 Å². The Morgan fingerprint density at radius 1 is 1.35 bits per heavy atom. The Hall–Kier alpha value is -1.92. The predicted molar refractivity (Wildman–Crippen MR) is 97.0 cm³/mol. The Morgan fingerprint density at radius 2 is 2.27 bits per heavy atom. The molecule has 2 aliphatic rings. The summed E-state index contributed by atoms with van der Waals surface area (Å²) < 4.78 is 17.6. The largest absolute Gasteiger partial charge is 0.477 e. The van der Waals surface area contributed by atoms with Crippen molar-refractivity contribution in [3.8, 4) is 5.88 Å². The molecule has 6 nitrogen and oxygen atoms in total. The van der Waals surface area contributed by atoms with Gasteiger partial charge in [-0.15, -0.1) is 0 Å². The molecular formula is C20H27N3O3. The quantitative estimate of drug-likeness (QED) is 0.819. The van der Waals surface area contributed by atoms with Crippen LogP contribution in [0.2, 0.25) is 0 Å². The summed E-state index contributed by atoms with van der Waals surface area (Å²) in [7, 11) is 0. The van der Waals surface area contributed by atoms with Crippen molar-refractivity contribution >= 4 is 0 Å². The molecule has 140 valence electrons. The van der Waals surface area contributed by atoms with Gasteiger partial charge >= 0.3 is 0 Å². The van der Waals surface area contributed by atoms with Gasteiger partial charge in [0.1, 0.15) is 5.76 Å². The molecule has 2 aromatic heterocycles. The van der Waals surface area contributed by atoms with Crippen molar-refractivity contribution in [2.45, 2.75) is 45.8 Å². The van der Waals surface area contributed by atoms with Gasteiger partial charge in [-0.3, -0.25) is 4.90 Å². The molecule has 0 N–H and O–H groups in total. The highest BCUT2D eigenvalue weighted by Gasteiger charge is 2.46. The number of ether oxygens (including phenoxy) is 2. The zero-order valence-corrected chi connectivity index (χ0v) is 15.6. The summed E-state index contributed by atoms with van der Waals surface area (Å²) in [5.41, 5.74) is 2.22. The van der Waals surface area contributed by atoms with Crippen LogP contribution in [0.3, 0.4) is 0 Å². The molecule has 0 radical (unpaired) electrons. The first kappa shape index (κ1) is 17.5. The molecule has 0 aromatic carbocycles. The van der Waals surface area contributed by atoms with Crippen LogP contribution in [-0.4, -0.2) is 47.4 Å². The summed E-state index contributed by atoms with van der Waals surface area (Å²) in [4.78, 5) is 6.80. The van der Waals surface area contributed by atoms with E-state index in [1.165, 1.54) is 5.56 Å². The van der Waals surface area contributed by atoms with Gasteiger partial charge in [-0.2, -0.15) is 0 Å². The van der Waals surface area contributed by atoms with E-state index in [0.717, 1.165) is 57.0 Å². The topological polar surface area (TPSA) is 60.6 Å². The lowest BCUT2D eigenvalue weighted by Gasteiger charge is -2.50. The van der Waals surface area contributed by atoms with E-state index in [1.807, 2.05) is 32.0 Å². The van der Waals surface area contributed by atoms with Gasteiger partial charge in [-0.1, -0.05) is 11.2 Å². The third-order valence-electron chi connectivity index (χ3n) is 5.78. The van der Waals surface area contributed by atoms with E-state index < -0.39 is 0 Å². The second kappa shape index (κ2) is 7.37. The van der Waals surface area contributed by atoms with Gasteiger partial charge in [0.2, 0.25) is 5.88 Å². The van der Waals surface area contributed by atoms with E-state index in [0.29, 0.717) is 12.5 Å². The van der Waals surface area contributed by atoms with E-state index in [2.05, 4.69) is 15.0 Å². The highest BCUT2D eigenvalue weighted by atomic mass is 16.5. The first-order valence-electron chi connectivity index (χ1n) is 9.46. The van der Waals surface area contributed by atoms with Crippen molar-refractivity contribution in [2.75, 3.05) is 26.3 Å². The van der Waals surface area contributed by atoms with Crippen molar-refractivity contribution < 1.29 is 14.0 Å². The van der Waals surface area contributed by atoms with Crippen molar-refractivity contribution in [1.29, 1.82) is 0 Å². The van der Waals surface area contributed by atoms with Crippen LogP contribution >= 0.6 is 0 Å². The molecule has 0 saturated carbocycles. The minimum atomic E-state index is 0.0208. The molecule has 2 saturated heterocycles. The maximum atomic E-state index is 6.15. The number of hydrogen-bond donors (Lipinski definition) is 0. The second-order valence-electron chi connectivity index (χ2n) is 7.58. The molecule has 4 rings (SSSR count). The molecule has 0 spiro atoms. The minimum absolute atomic E-state index is 0.0208. The molecule has 0 bridgehead atoms. The number of fused-ring (bicyclic) bond motifs is 1. The van der Waals surface area contributed by atoms with Crippen molar-refractivity contribution in [2.24, 2.45) is 5.41 Å². The first-order chi connectivity index (χ1) is 12.7. The van der Waals surface area contributed by atoms with E-state index in [9.17, 15) is 0 Å². The SMILES string of the molecule is Cc1noc(C)c1CN1CC[C@H]2OCCC[C@@]2(COc2ccccn2)C1. The van der Waals surface area contributed by atoms with Crippen LogP contribution < -0.4 is 4.74 Å². The van der Waals surface area contributed by atoms with E-state index in [4.69, 9.17) is 14.0 Å². The highest BCUT2D eigenvalue weighted by molar-refractivity contribution is 5.21. The van der Waals surface area contributed by atoms with Crippen LogP contribution in [0, 0.1) is 19.3 Å². The fourth-order valence-electron chi connectivity index (χ4n) is 4.33. The van der Waals surface area contributed by atoms with Crippen LogP contribution in [0.5, 0.6) is 5.88 Å². The summed E-state index contributed by atoms with van der Waals surface area (Å²) in [6, 6.07) is 5.78. The third-order valence-corrected chi connectivity index (χ3v) is 5.78. The fraction of sp³-hybridized carbons (Fsp3) is 0.600. The Labute approximate surface area is 154 Å². The Bertz CT molecular complexity index is 714. The monoisotopic (exact) mass is 357 g/mol. The maximum absolute atomic E-state index is 6.15. The Balaban J connectivity index is 1.49. The van der Waals surface area contributed by atoms with Gasteiger partial charge in [-0.25, -0.2) is 4.98 Å². The Kier molecular flexibility index (Phi) is 4.96. The summed E-state index contributed by atoms with van der Waals surface area (Å²) in [6.07, 6.45) is 5.28. The van der Waals surface area contributed by atoms with Crippen molar-refractivity contribution in [3.63, 3.8) is 0 Å². The Morgan fingerprint density at radius 3 is 3.04 bits per heavy atom. The fourth-order valence-corrected chi connectivity index (χ4v) is 4.33. The second-order valence-corrected chi connectivity index (χ2v) is 7.58.